The number of rotatable bonds is 3. The van der Waals surface area contributed by atoms with Crippen molar-refractivity contribution in [3.8, 4) is 0 Å². The first-order chi connectivity index (χ1) is 12.7. The molecule has 2 aromatic rings. The first-order valence-electron chi connectivity index (χ1n) is 8.43. The minimum Gasteiger partial charge on any atom is -0.378 e. The average molecular weight is 369 g/mol. The number of carbonyl (C=O) groups excluding carboxylic acids is 2. The van der Waals surface area contributed by atoms with E-state index in [2.05, 4.69) is 0 Å². The molecule has 0 unspecified atom stereocenters. The van der Waals surface area contributed by atoms with Crippen LogP contribution in [0.15, 0.2) is 60.3 Å². The molecule has 132 valence electrons. The number of carbonyl (C=O) groups is 2. The van der Waals surface area contributed by atoms with Gasteiger partial charge in [0.25, 0.3) is 11.8 Å². The van der Waals surface area contributed by atoms with E-state index in [9.17, 15) is 9.59 Å². The summed E-state index contributed by atoms with van der Waals surface area (Å²) in [5.41, 5.74) is 2.07. The lowest BCUT2D eigenvalue weighted by Crippen LogP contribution is -2.40. The number of halogens is 1. The summed E-state index contributed by atoms with van der Waals surface area (Å²) in [5, 5.41) is 0.476. The second kappa shape index (κ2) is 6.94. The molecule has 2 aliphatic heterocycles. The number of benzene rings is 2. The van der Waals surface area contributed by atoms with Gasteiger partial charge < -0.3 is 9.64 Å². The lowest BCUT2D eigenvalue weighted by atomic mass is 10.0. The van der Waals surface area contributed by atoms with Crippen LogP contribution in [0, 0.1) is 0 Å². The van der Waals surface area contributed by atoms with E-state index in [0.717, 1.165) is 5.56 Å². The van der Waals surface area contributed by atoms with Crippen LogP contribution in [-0.4, -0.2) is 43.0 Å². The number of nitrogens with zero attached hydrogens (tertiary/aromatic N) is 2. The largest absolute Gasteiger partial charge is 0.378 e. The number of hydrogen-bond acceptors (Lipinski definition) is 4. The molecule has 0 bridgehead atoms. The van der Waals surface area contributed by atoms with E-state index in [1.165, 1.54) is 4.90 Å². The first kappa shape index (κ1) is 16.8. The predicted octanol–water partition coefficient (Wildman–Crippen LogP) is 2.96. The molecule has 2 amide bonds. The van der Waals surface area contributed by atoms with E-state index < -0.39 is 0 Å². The molecule has 1 fully saturated rings. The van der Waals surface area contributed by atoms with Gasteiger partial charge in [-0.05, 0) is 23.8 Å². The van der Waals surface area contributed by atoms with Gasteiger partial charge in [0.15, 0.2) is 0 Å². The minimum absolute atomic E-state index is 0.321. The molecule has 4 rings (SSSR count). The molecular formula is C20H17ClN2O3. The Balaban J connectivity index is 1.83. The maximum Gasteiger partial charge on any atom is 0.282 e. The van der Waals surface area contributed by atoms with Crippen molar-refractivity contribution >= 4 is 34.7 Å². The zero-order valence-corrected chi connectivity index (χ0v) is 14.8. The van der Waals surface area contributed by atoms with Crippen molar-refractivity contribution in [3.05, 3.63) is 70.9 Å². The van der Waals surface area contributed by atoms with Gasteiger partial charge >= 0.3 is 0 Å². The fourth-order valence-electron chi connectivity index (χ4n) is 3.31. The third kappa shape index (κ3) is 2.89. The summed E-state index contributed by atoms with van der Waals surface area (Å²) in [6, 6.07) is 16.1. The van der Waals surface area contributed by atoms with Gasteiger partial charge in [-0.3, -0.25) is 9.59 Å². The SMILES string of the molecule is O=C1C(c2ccccc2)=C(N2CCOCC2)C(=O)N1c1cccc(Cl)c1. The Hall–Kier alpha value is -2.63. The van der Waals surface area contributed by atoms with Crippen LogP contribution in [0.5, 0.6) is 0 Å². The number of anilines is 1. The van der Waals surface area contributed by atoms with E-state index >= 15 is 0 Å². The number of morpholine rings is 1. The zero-order valence-electron chi connectivity index (χ0n) is 14.0. The zero-order chi connectivity index (χ0) is 18.1. The Morgan fingerprint density at radius 3 is 2.31 bits per heavy atom. The number of hydrogen-bond donors (Lipinski definition) is 0. The summed E-state index contributed by atoms with van der Waals surface area (Å²) in [6.07, 6.45) is 0. The monoisotopic (exact) mass is 368 g/mol. The van der Waals surface area contributed by atoms with Crippen LogP contribution in [0.4, 0.5) is 5.69 Å². The summed E-state index contributed by atoms with van der Waals surface area (Å²) in [7, 11) is 0. The van der Waals surface area contributed by atoms with Crippen LogP contribution in [0.25, 0.3) is 5.57 Å². The highest BCUT2D eigenvalue weighted by Crippen LogP contribution is 2.35. The summed E-state index contributed by atoms with van der Waals surface area (Å²) in [5.74, 6) is -0.650. The molecule has 0 spiro atoms. The van der Waals surface area contributed by atoms with Crippen molar-refractivity contribution in [3.63, 3.8) is 0 Å². The molecule has 0 saturated carbocycles. The lowest BCUT2D eigenvalue weighted by Gasteiger charge is -2.29. The van der Waals surface area contributed by atoms with Crippen LogP contribution in [0.2, 0.25) is 5.02 Å². The summed E-state index contributed by atoms with van der Waals surface area (Å²) in [4.78, 5) is 29.6. The molecule has 0 atom stereocenters. The molecule has 0 aliphatic carbocycles. The summed E-state index contributed by atoms with van der Waals surface area (Å²) < 4.78 is 5.40. The molecular weight excluding hydrogens is 352 g/mol. The molecule has 2 aliphatic rings. The normalized spacial score (nSPS) is 18.0. The van der Waals surface area contributed by atoms with Gasteiger partial charge in [0.05, 0.1) is 24.5 Å². The van der Waals surface area contributed by atoms with Gasteiger partial charge in [-0.25, -0.2) is 4.90 Å². The third-order valence-corrected chi connectivity index (χ3v) is 4.75. The highest BCUT2D eigenvalue weighted by atomic mass is 35.5. The van der Waals surface area contributed by atoms with Crippen molar-refractivity contribution in [2.24, 2.45) is 0 Å². The standard InChI is InChI=1S/C20H17ClN2O3/c21-15-7-4-8-16(13-15)23-19(24)17(14-5-2-1-3-6-14)18(20(23)25)22-9-11-26-12-10-22/h1-8,13H,9-12H2. The van der Waals surface area contributed by atoms with Gasteiger partial charge in [-0.1, -0.05) is 48.0 Å². The van der Waals surface area contributed by atoms with Gasteiger partial charge in [0, 0.05) is 18.1 Å². The third-order valence-electron chi connectivity index (χ3n) is 4.52. The maximum absolute atomic E-state index is 13.2. The molecule has 0 N–H and O–H groups in total. The Morgan fingerprint density at radius 2 is 1.62 bits per heavy atom. The molecule has 0 aromatic heterocycles. The molecule has 6 heteroatoms. The lowest BCUT2D eigenvalue weighted by molar-refractivity contribution is -0.121. The highest BCUT2D eigenvalue weighted by molar-refractivity contribution is 6.45. The van der Waals surface area contributed by atoms with Crippen molar-refractivity contribution in [1.29, 1.82) is 0 Å². The van der Waals surface area contributed by atoms with E-state index in [0.29, 0.717) is 48.3 Å². The topological polar surface area (TPSA) is 49.9 Å². The van der Waals surface area contributed by atoms with E-state index in [1.54, 1.807) is 24.3 Å². The molecule has 5 nitrogen and oxygen atoms in total. The molecule has 2 heterocycles. The number of ether oxygens (including phenoxy) is 1. The second-order valence-electron chi connectivity index (χ2n) is 6.11. The highest BCUT2D eigenvalue weighted by Gasteiger charge is 2.42. The number of amides is 2. The Bertz CT molecular complexity index is 889. The van der Waals surface area contributed by atoms with Crippen LogP contribution in [-0.2, 0) is 14.3 Å². The Kier molecular flexibility index (Phi) is 4.49. The average Bonchev–Trinajstić information content (AvgIpc) is 2.93. The Morgan fingerprint density at radius 1 is 0.885 bits per heavy atom. The van der Waals surface area contributed by atoms with E-state index in [1.807, 2.05) is 35.2 Å². The summed E-state index contributed by atoms with van der Waals surface area (Å²) in [6.45, 7) is 2.22. The molecule has 0 radical (unpaired) electrons. The van der Waals surface area contributed by atoms with Crippen molar-refractivity contribution < 1.29 is 14.3 Å². The maximum atomic E-state index is 13.2. The van der Waals surface area contributed by atoms with Gasteiger partial charge in [-0.2, -0.15) is 0 Å². The number of imide groups is 1. The first-order valence-corrected chi connectivity index (χ1v) is 8.81. The fourth-order valence-corrected chi connectivity index (χ4v) is 3.50. The van der Waals surface area contributed by atoms with Crippen LogP contribution in [0.1, 0.15) is 5.56 Å². The van der Waals surface area contributed by atoms with Crippen molar-refractivity contribution in [2.45, 2.75) is 0 Å². The van der Waals surface area contributed by atoms with E-state index in [-0.39, 0.29) is 11.8 Å². The Labute approximate surface area is 156 Å². The molecule has 2 aromatic carbocycles. The van der Waals surface area contributed by atoms with Crippen LogP contribution in [0.3, 0.4) is 0 Å². The fraction of sp³-hybridized carbons (Fsp3) is 0.200. The van der Waals surface area contributed by atoms with Gasteiger partial charge in [0.2, 0.25) is 0 Å². The van der Waals surface area contributed by atoms with Gasteiger partial charge in [-0.15, -0.1) is 0 Å². The second-order valence-corrected chi connectivity index (χ2v) is 6.55. The molecule has 26 heavy (non-hydrogen) atoms. The van der Waals surface area contributed by atoms with Crippen molar-refractivity contribution in [2.75, 3.05) is 31.2 Å². The molecule has 1 saturated heterocycles. The predicted molar refractivity (Wildman–Crippen MR) is 99.7 cm³/mol. The minimum atomic E-state index is -0.329. The van der Waals surface area contributed by atoms with Gasteiger partial charge in [0.1, 0.15) is 5.70 Å². The smallest absolute Gasteiger partial charge is 0.282 e. The summed E-state index contributed by atoms with van der Waals surface area (Å²) >= 11 is 6.07. The van der Waals surface area contributed by atoms with Crippen LogP contribution < -0.4 is 4.90 Å². The van der Waals surface area contributed by atoms with E-state index in [4.69, 9.17) is 16.3 Å². The quantitative estimate of drug-likeness (QED) is 0.782. The van der Waals surface area contributed by atoms with Crippen molar-refractivity contribution in [1.82, 2.24) is 4.90 Å². The van der Waals surface area contributed by atoms with Crippen LogP contribution >= 0.6 is 11.6 Å².